The first-order chi connectivity index (χ1) is 9.06. The van der Waals surface area contributed by atoms with Gasteiger partial charge in [-0.05, 0) is 24.1 Å². The first-order valence-electron chi connectivity index (χ1n) is 6.24. The molecule has 1 unspecified atom stereocenters. The zero-order valence-corrected chi connectivity index (χ0v) is 11.5. The molecule has 0 fully saturated rings. The number of hydrogen-bond donors (Lipinski definition) is 2. The van der Waals surface area contributed by atoms with Gasteiger partial charge in [0.15, 0.2) is 0 Å². The van der Waals surface area contributed by atoms with Crippen molar-refractivity contribution in [2.75, 3.05) is 19.0 Å². The Balaban J connectivity index is 2.59. The second-order valence-corrected chi connectivity index (χ2v) is 4.21. The lowest BCUT2D eigenvalue weighted by atomic mass is 10.1. The smallest absolute Gasteiger partial charge is 0.330 e. The third kappa shape index (κ3) is 4.99. The van der Waals surface area contributed by atoms with Crippen LogP contribution in [0.2, 0.25) is 0 Å². The fourth-order valence-corrected chi connectivity index (χ4v) is 1.66. The molecule has 1 aromatic carbocycles. The number of esters is 1. The van der Waals surface area contributed by atoms with E-state index < -0.39 is 12.0 Å². The zero-order chi connectivity index (χ0) is 14.3. The number of carbonyl (C=O) groups is 2. The highest BCUT2D eigenvalue weighted by Crippen LogP contribution is 2.09. The van der Waals surface area contributed by atoms with Crippen molar-refractivity contribution >= 4 is 17.6 Å². The van der Waals surface area contributed by atoms with Crippen molar-refractivity contribution in [2.45, 2.75) is 26.3 Å². The predicted molar refractivity (Wildman–Crippen MR) is 73.9 cm³/mol. The molecule has 0 aliphatic rings. The molecule has 1 rings (SSSR count). The van der Waals surface area contributed by atoms with Crippen LogP contribution in [0.3, 0.4) is 0 Å². The number of nitrogens with one attached hydrogen (secondary N) is 2. The summed E-state index contributed by atoms with van der Waals surface area (Å²) < 4.78 is 4.64. The number of methoxy groups -OCH3 is 1. The molecule has 0 aromatic heterocycles. The third-order valence-corrected chi connectivity index (χ3v) is 2.74. The summed E-state index contributed by atoms with van der Waals surface area (Å²) in [5.74, 6) is -0.730. The van der Waals surface area contributed by atoms with Gasteiger partial charge in [-0.25, -0.2) is 4.79 Å². The van der Waals surface area contributed by atoms with Crippen molar-refractivity contribution in [3.05, 3.63) is 29.8 Å². The maximum absolute atomic E-state index is 11.5. The first-order valence-corrected chi connectivity index (χ1v) is 6.24. The van der Waals surface area contributed by atoms with Crippen molar-refractivity contribution in [1.29, 1.82) is 0 Å². The maximum atomic E-state index is 11.5. The minimum absolute atomic E-state index is 0.265. The second-order valence-electron chi connectivity index (χ2n) is 4.21. The number of rotatable bonds is 6. The molecule has 0 spiro atoms. The van der Waals surface area contributed by atoms with Gasteiger partial charge in [0.1, 0.15) is 6.04 Å². The highest BCUT2D eigenvalue weighted by Gasteiger charge is 2.19. The zero-order valence-electron chi connectivity index (χ0n) is 11.5. The van der Waals surface area contributed by atoms with Crippen LogP contribution < -0.4 is 10.6 Å². The van der Waals surface area contributed by atoms with E-state index in [2.05, 4.69) is 22.3 Å². The van der Waals surface area contributed by atoms with E-state index in [4.69, 9.17) is 0 Å². The van der Waals surface area contributed by atoms with Gasteiger partial charge >= 0.3 is 5.97 Å². The molecule has 1 atom stereocenters. The van der Waals surface area contributed by atoms with Crippen LogP contribution in [0.5, 0.6) is 0 Å². The van der Waals surface area contributed by atoms with Crippen molar-refractivity contribution in [2.24, 2.45) is 0 Å². The van der Waals surface area contributed by atoms with Gasteiger partial charge in [-0.1, -0.05) is 19.1 Å². The molecule has 0 heterocycles. The Hall–Kier alpha value is -2.04. The molecule has 0 aliphatic carbocycles. The van der Waals surface area contributed by atoms with Crippen LogP contribution in [-0.4, -0.2) is 31.6 Å². The normalized spacial score (nSPS) is 11.5. The van der Waals surface area contributed by atoms with Crippen molar-refractivity contribution in [3.8, 4) is 0 Å². The molecule has 1 aromatic rings. The number of aryl methyl sites for hydroxylation is 1. The van der Waals surface area contributed by atoms with E-state index in [0.717, 1.165) is 12.1 Å². The monoisotopic (exact) mass is 264 g/mol. The number of amides is 1. The van der Waals surface area contributed by atoms with Gasteiger partial charge in [0.25, 0.3) is 0 Å². The van der Waals surface area contributed by atoms with Gasteiger partial charge in [-0.2, -0.15) is 0 Å². The van der Waals surface area contributed by atoms with Gasteiger partial charge < -0.3 is 15.4 Å². The molecule has 1 amide bonds. The maximum Gasteiger partial charge on any atom is 0.330 e. The summed E-state index contributed by atoms with van der Waals surface area (Å²) in [6, 6.07) is 7.25. The molecule has 2 N–H and O–H groups in total. The Morgan fingerprint density at radius 1 is 1.26 bits per heavy atom. The van der Waals surface area contributed by atoms with E-state index >= 15 is 0 Å². The summed E-state index contributed by atoms with van der Waals surface area (Å²) in [7, 11) is 1.30. The van der Waals surface area contributed by atoms with E-state index in [1.165, 1.54) is 19.6 Å². The summed E-state index contributed by atoms with van der Waals surface area (Å²) in [4.78, 5) is 22.5. The number of carbonyl (C=O) groups excluding carboxylic acids is 2. The fourth-order valence-electron chi connectivity index (χ4n) is 1.66. The Bertz CT molecular complexity index is 429. The Kier molecular flexibility index (Phi) is 5.85. The largest absolute Gasteiger partial charge is 0.467 e. The highest BCUT2D eigenvalue weighted by molar-refractivity contribution is 5.83. The van der Waals surface area contributed by atoms with Gasteiger partial charge in [0, 0.05) is 19.2 Å². The van der Waals surface area contributed by atoms with Gasteiger partial charge in [-0.15, -0.1) is 0 Å². The van der Waals surface area contributed by atoms with Gasteiger partial charge in [-0.3, -0.25) is 4.79 Å². The minimum Gasteiger partial charge on any atom is -0.467 e. The van der Waals surface area contributed by atoms with E-state index in [1.807, 2.05) is 24.3 Å². The topological polar surface area (TPSA) is 67.4 Å². The summed E-state index contributed by atoms with van der Waals surface area (Å²) in [5, 5.41) is 5.65. The Morgan fingerprint density at radius 3 is 2.37 bits per heavy atom. The van der Waals surface area contributed by atoms with Crippen LogP contribution in [0.4, 0.5) is 5.69 Å². The molecular formula is C14H20N2O3. The van der Waals surface area contributed by atoms with Crippen LogP contribution in [0.25, 0.3) is 0 Å². The quantitative estimate of drug-likeness (QED) is 0.761. The van der Waals surface area contributed by atoms with E-state index in [1.54, 1.807) is 0 Å². The molecule has 0 radical (unpaired) electrons. The molecule has 0 bridgehead atoms. The molecular weight excluding hydrogens is 244 g/mol. The summed E-state index contributed by atoms with van der Waals surface area (Å²) in [6.07, 6.45) is 0.983. The number of ether oxygens (including phenoxy) is 1. The standard InChI is InChI=1S/C14H20N2O3/c1-4-11-5-7-12(8-6-11)15-9-13(14(18)19-3)16-10(2)17/h5-8,13,15H,4,9H2,1-3H3,(H,16,17). The molecule has 19 heavy (non-hydrogen) atoms. The summed E-state index contributed by atoms with van der Waals surface area (Å²) in [6.45, 7) is 3.75. The van der Waals surface area contributed by atoms with Crippen LogP contribution in [-0.2, 0) is 20.7 Å². The molecule has 5 nitrogen and oxygen atoms in total. The van der Waals surface area contributed by atoms with Crippen LogP contribution in [0, 0.1) is 0 Å². The SMILES string of the molecule is CCc1ccc(NCC(NC(C)=O)C(=O)OC)cc1. The number of anilines is 1. The van der Waals surface area contributed by atoms with Crippen molar-refractivity contribution in [3.63, 3.8) is 0 Å². The second kappa shape index (κ2) is 7.41. The molecule has 5 heteroatoms. The van der Waals surface area contributed by atoms with Crippen molar-refractivity contribution < 1.29 is 14.3 Å². The molecule has 104 valence electrons. The van der Waals surface area contributed by atoms with E-state index in [9.17, 15) is 9.59 Å². The molecule has 0 saturated heterocycles. The number of benzene rings is 1. The lowest BCUT2D eigenvalue weighted by Gasteiger charge is -2.16. The van der Waals surface area contributed by atoms with Crippen LogP contribution >= 0.6 is 0 Å². The summed E-state index contributed by atoms with van der Waals surface area (Å²) >= 11 is 0. The predicted octanol–water partition coefficient (Wildman–Crippen LogP) is 1.34. The van der Waals surface area contributed by atoms with Crippen molar-refractivity contribution in [1.82, 2.24) is 5.32 Å². The lowest BCUT2D eigenvalue weighted by molar-refractivity contribution is -0.144. The lowest BCUT2D eigenvalue weighted by Crippen LogP contribution is -2.45. The first kappa shape index (κ1) is 15.0. The highest BCUT2D eigenvalue weighted by atomic mass is 16.5. The summed E-state index contributed by atoms with van der Waals surface area (Å²) in [5.41, 5.74) is 2.15. The van der Waals surface area contributed by atoms with Gasteiger partial charge in [0.2, 0.25) is 5.91 Å². The Labute approximate surface area is 113 Å². The molecule has 0 saturated carbocycles. The van der Waals surface area contributed by atoms with E-state index in [0.29, 0.717) is 0 Å². The van der Waals surface area contributed by atoms with Gasteiger partial charge in [0.05, 0.1) is 7.11 Å². The molecule has 0 aliphatic heterocycles. The minimum atomic E-state index is -0.687. The van der Waals surface area contributed by atoms with Crippen LogP contribution in [0.15, 0.2) is 24.3 Å². The fraction of sp³-hybridized carbons (Fsp3) is 0.429. The average molecular weight is 264 g/mol. The van der Waals surface area contributed by atoms with E-state index in [-0.39, 0.29) is 12.5 Å². The average Bonchev–Trinajstić information content (AvgIpc) is 2.42. The third-order valence-electron chi connectivity index (χ3n) is 2.74. The Morgan fingerprint density at radius 2 is 1.89 bits per heavy atom. The van der Waals surface area contributed by atoms with Crippen LogP contribution in [0.1, 0.15) is 19.4 Å². The number of hydrogen-bond acceptors (Lipinski definition) is 4.